The van der Waals surface area contributed by atoms with Crippen molar-refractivity contribution in [2.24, 2.45) is 0 Å². The Balaban J connectivity index is 1.54. The third-order valence-electron chi connectivity index (χ3n) is 5.20. The maximum absolute atomic E-state index is 12.9. The summed E-state index contributed by atoms with van der Waals surface area (Å²) in [5, 5.41) is 0. The number of aryl methyl sites for hydroxylation is 3. The molecule has 1 heterocycles. The van der Waals surface area contributed by atoms with Crippen LogP contribution in [0.1, 0.15) is 32.6 Å². The highest BCUT2D eigenvalue weighted by molar-refractivity contribution is 5.96. The van der Waals surface area contributed by atoms with Crippen LogP contribution >= 0.6 is 0 Å². The Kier molecular flexibility index (Phi) is 5.89. The van der Waals surface area contributed by atoms with Crippen LogP contribution in [-0.4, -0.2) is 48.4 Å². The molecule has 0 radical (unpaired) electrons. The lowest BCUT2D eigenvalue weighted by molar-refractivity contribution is 0.0649. The molecule has 1 aliphatic rings. The fourth-order valence-corrected chi connectivity index (χ4v) is 3.40. The van der Waals surface area contributed by atoms with Crippen molar-refractivity contribution in [1.29, 1.82) is 0 Å². The van der Waals surface area contributed by atoms with E-state index < -0.39 is 0 Å². The second kappa shape index (κ2) is 8.33. The number of rotatable bonds is 4. The lowest BCUT2D eigenvalue weighted by Crippen LogP contribution is -2.48. The van der Waals surface area contributed by atoms with E-state index in [4.69, 9.17) is 0 Å². The predicted molar refractivity (Wildman–Crippen MR) is 108 cm³/mol. The number of piperazine rings is 1. The third kappa shape index (κ3) is 4.41. The summed E-state index contributed by atoms with van der Waals surface area (Å²) in [4.78, 5) is 17.3. The van der Waals surface area contributed by atoms with Crippen LogP contribution in [-0.2, 0) is 0 Å². The number of benzene rings is 2. The van der Waals surface area contributed by atoms with Crippen molar-refractivity contribution in [2.45, 2.75) is 20.8 Å². The largest absolute Gasteiger partial charge is 0.336 e. The van der Waals surface area contributed by atoms with Gasteiger partial charge in [-0.25, -0.2) is 0 Å². The molecule has 0 saturated carbocycles. The maximum Gasteiger partial charge on any atom is 0.254 e. The van der Waals surface area contributed by atoms with Gasteiger partial charge in [0, 0.05) is 38.3 Å². The number of carbonyl (C=O) groups excluding carboxylic acids is 1. The molecular weight excluding hydrogens is 320 g/mol. The molecule has 3 heteroatoms. The quantitative estimate of drug-likeness (QED) is 0.831. The summed E-state index contributed by atoms with van der Waals surface area (Å²) in [6.07, 6.45) is 4.37. The highest BCUT2D eigenvalue weighted by Gasteiger charge is 2.22. The smallest absolute Gasteiger partial charge is 0.254 e. The van der Waals surface area contributed by atoms with E-state index in [1.54, 1.807) is 0 Å². The molecule has 3 rings (SSSR count). The molecule has 0 atom stereocenters. The second-order valence-electron chi connectivity index (χ2n) is 7.16. The molecule has 0 aromatic heterocycles. The van der Waals surface area contributed by atoms with E-state index in [0.717, 1.165) is 43.9 Å². The number of carbonyl (C=O) groups is 1. The van der Waals surface area contributed by atoms with Gasteiger partial charge >= 0.3 is 0 Å². The minimum absolute atomic E-state index is 0.171. The van der Waals surface area contributed by atoms with E-state index in [2.05, 4.69) is 61.2 Å². The first-order valence-corrected chi connectivity index (χ1v) is 9.35. The van der Waals surface area contributed by atoms with Gasteiger partial charge < -0.3 is 4.90 Å². The van der Waals surface area contributed by atoms with E-state index in [-0.39, 0.29) is 5.91 Å². The van der Waals surface area contributed by atoms with E-state index in [1.165, 1.54) is 16.7 Å². The molecule has 0 spiro atoms. The molecule has 0 N–H and O–H groups in total. The normalized spacial score (nSPS) is 15.6. The number of nitrogens with zero attached hydrogens (tertiary/aromatic N) is 2. The van der Waals surface area contributed by atoms with Crippen molar-refractivity contribution in [2.75, 3.05) is 32.7 Å². The molecule has 1 saturated heterocycles. The molecule has 0 bridgehead atoms. The van der Waals surface area contributed by atoms with Gasteiger partial charge in [0.1, 0.15) is 0 Å². The average Bonchev–Trinajstić information content (AvgIpc) is 2.66. The summed E-state index contributed by atoms with van der Waals surface area (Å²) in [5.74, 6) is 0.171. The first kappa shape index (κ1) is 18.4. The minimum atomic E-state index is 0.171. The fourth-order valence-electron chi connectivity index (χ4n) is 3.40. The molecule has 2 aromatic rings. The van der Waals surface area contributed by atoms with E-state index in [0.29, 0.717) is 0 Å². The van der Waals surface area contributed by atoms with Crippen LogP contribution in [0.15, 0.2) is 48.5 Å². The summed E-state index contributed by atoms with van der Waals surface area (Å²) in [6, 6.07) is 14.5. The van der Waals surface area contributed by atoms with Crippen LogP contribution in [0.5, 0.6) is 0 Å². The van der Waals surface area contributed by atoms with Gasteiger partial charge in [-0.1, -0.05) is 48.6 Å². The van der Waals surface area contributed by atoms with Gasteiger partial charge in [0.15, 0.2) is 0 Å². The monoisotopic (exact) mass is 348 g/mol. The van der Waals surface area contributed by atoms with E-state index in [9.17, 15) is 4.79 Å². The first-order valence-electron chi connectivity index (χ1n) is 9.35. The van der Waals surface area contributed by atoms with E-state index in [1.807, 2.05) is 24.0 Å². The molecule has 0 unspecified atom stereocenters. The Hall–Kier alpha value is -2.39. The zero-order valence-electron chi connectivity index (χ0n) is 16.0. The number of hydrogen-bond acceptors (Lipinski definition) is 2. The SMILES string of the molecule is Cc1cc(C)c(C(=O)N2CCN(C/C=C/c3ccccc3)CC2)cc1C. The molecule has 1 amide bonds. The number of amides is 1. The van der Waals surface area contributed by atoms with Gasteiger partial charge in [-0.05, 0) is 49.1 Å². The summed E-state index contributed by atoms with van der Waals surface area (Å²) in [6.45, 7) is 10.6. The van der Waals surface area contributed by atoms with Gasteiger partial charge in [0.25, 0.3) is 5.91 Å². The standard InChI is InChI=1S/C23H28N2O/c1-18-16-20(3)22(17-19(18)2)23(26)25-14-12-24(13-15-25)11-7-10-21-8-5-4-6-9-21/h4-10,16-17H,11-15H2,1-3H3/b10-7+. The molecular formula is C23H28N2O. The van der Waals surface area contributed by atoms with Crippen LogP contribution in [0.4, 0.5) is 0 Å². The van der Waals surface area contributed by atoms with Crippen LogP contribution < -0.4 is 0 Å². The molecule has 1 aliphatic heterocycles. The van der Waals surface area contributed by atoms with Crippen molar-refractivity contribution in [3.8, 4) is 0 Å². The van der Waals surface area contributed by atoms with Crippen molar-refractivity contribution in [1.82, 2.24) is 9.80 Å². The van der Waals surface area contributed by atoms with Crippen molar-refractivity contribution < 1.29 is 4.79 Å². The van der Waals surface area contributed by atoms with Gasteiger partial charge in [0.05, 0.1) is 0 Å². The molecule has 136 valence electrons. The van der Waals surface area contributed by atoms with Crippen LogP contribution in [0.2, 0.25) is 0 Å². The van der Waals surface area contributed by atoms with Crippen LogP contribution in [0, 0.1) is 20.8 Å². The summed E-state index contributed by atoms with van der Waals surface area (Å²) >= 11 is 0. The zero-order chi connectivity index (χ0) is 18.5. The third-order valence-corrected chi connectivity index (χ3v) is 5.20. The van der Waals surface area contributed by atoms with Crippen molar-refractivity contribution >= 4 is 12.0 Å². The Morgan fingerprint density at radius 1 is 0.923 bits per heavy atom. The van der Waals surface area contributed by atoms with Gasteiger partial charge in [-0.15, -0.1) is 0 Å². The number of hydrogen-bond donors (Lipinski definition) is 0. The molecule has 1 fully saturated rings. The van der Waals surface area contributed by atoms with Crippen molar-refractivity contribution in [3.05, 3.63) is 76.4 Å². The second-order valence-corrected chi connectivity index (χ2v) is 7.16. The lowest BCUT2D eigenvalue weighted by Gasteiger charge is -2.34. The molecule has 26 heavy (non-hydrogen) atoms. The maximum atomic E-state index is 12.9. The predicted octanol–water partition coefficient (Wildman–Crippen LogP) is 4.08. The molecule has 3 nitrogen and oxygen atoms in total. The summed E-state index contributed by atoms with van der Waals surface area (Å²) in [5.41, 5.74) is 5.58. The lowest BCUT2D eigenvalue weighted by atomic mass is 10.00. The van der Waals surface area contributed by atoms with E-state index >= 15 is 0 Å². The highest BCUT2D eigenvalue weighted by atomic mass is 16.2. The Morgan fingerprint density at radius 2 is 1.58 bits per heavy atom. The van der Waals surface area contributed by atoms with Crippen LogP contribution in [0.3, 0.4) is 0 Å². The van der Waals surface area contributed by atoms with Gasteiger partial charge in [0.2, 0.25) is 0 Å². The molecule has 0 aliphatic carbocycles. The summed E-state index contributed by atoms with van der Waals surface area (Å²) in [7, 11) is 0. The Bertz CT molecular complexity index is 787. The fraction of sp³-hybridized carbons (Fsp3) is 0.348. The first-order chi connectivity index (χ1) is 12.5. The van der Waals surface area contributed by atoms with Crippen LogP contribution in [0.25, 0.3) is 6.08 Å². The van der Waals surface area contributed by atoms with Gasteiger partial charge in [-0.2, -0.15) is 0 Å². The van der Waals surface area contributed by atoms with Crippen molar-refractivity contribution in [3.63, 3.8) is 0 Å². The molecule has 2 aromatic carbocycles. The summed E-state index contributed by atoms with van der Waals surface area (Å²) < 4.78 is 0. The Morgan fingerprint density at radius 3 is 2.27 bits per heavy atom. The minimum Gasteiger partial charge on any atom is -0.336 e. The average molecular weight is 348 g/mol. The topological polar surface area (TPSA) is 23.6 Å². The van der Waals surface area contributed by atoms with Gasteiger partial charge in [-0.3, -0.25) is 9.69 Å². The highest BCUT2D eigenvalue weighted by Crippen LogP contribution is 2.18. The Labute approximate surface area is 156 Å². The zero-order valence-corrected chi connectivity index (χ0v) is 16.0.